The lowest BCUT2D eigenvalue weighted by molar-refractivity contribution is -0.0733. The van der Waals surface area contributed by atoms with Crippen molar-refractivity contribution >= 4 is 0 Å². The molecule has 20 heavy (non-hydrogen) atoms. The highest BCUT2D eigenvalue weighted by atomic mass is 15.0. The lowest BCUT2D eigenvalue weighted by Gasteiger charge is -2.60. The summed E-state index contributed by atoms with van der Waals surface area (Å²) in [5, 5.41) is 3.87. The van der Waals surface area contributed by atoms with Gasteiger partial charge in [-0.2, -0.15) is 0 Å². The van der Waals surface area contributed by atoms with Gasteiger partial charge in [-0.3, -0.25) is 0 Å². The molecule has 1 heteroatoms. The Morgan fingerprint density at radius 3 is 2.00 bits per heavy atom. The second kappa shape index (κ2) is 7.82. The number of hydrogen-bond acceptors (Lipinski definition) is 1. The van der Waals surface area contributed by atoms with Crippen LogP contribution in [0.15, 0.2) is 0 Å². The summed E-state index contributed by atoms with van der Waals surface area (Å²) in [4.78, 5) is 0. The first-order valence-electron chi connectivity index (χ1n) is 9.41. The van der Waals surface area contributed by atoms with Gasteiger partial charge in [0.2, 0.25) is 0 Å². The summed E-state index contributed by atoms with van der Waals surface area (Å²) >= 11 is 0. The molecule has 1 N–H and O–H groups in total. The van der Waals surface area contributed by atoms with Gasteiger partial charge < -0.3 is 5.32 Å². The minimum Gasteiger partial charge on any atom is -0.313 e. The first-order chi connectivity index (χ1) is 9.68. The summed E-state index contributed by atoms with van der Waals surface area (Å²) in [5.41, 5.74) is 0.532. The van der Waals surface area contributed by atoms with Crippen molar-refractivity contribution in [2.45, 2.75) is 97.4 Å². The Hall–Kier alpha value is -0.0400. The molecule has 0 heterocycles. The van der Waals surface area contributed by atoms with Crippen LogP contribution in [0.5, 0.6) is 0 Å². The quantitative estimate of drug-likeness (QED) is 0.715. The van der Waals surface area contributed by atoms with Gasteiger partial charge >= 0.3 is 0 Å². The van der Waals surface area contributed by atoms with Crippen molar-refractivity contribution < 1.29 is 0 Å². The van der Waals surface area contributed by atoms with Gasteiger partial charge in [0.25, 0.3) is 0 Å². The van der Waals surface area contributed by atoms with Crippen LogP contribution in [-0.2, 0) is 0 Å². The molecule has 3 unspecified atom stereocenters. The topological polar surface area (TPSA) is 12.0 Å². The van der Waals surface area contributed by atoms with Crippen molar-refractivity contribution in [1.29, 1.82) is 0 Å². The molecule has 0 amide bonds. The van der Waals surface area contributed by atoms with Gasteiger partial charge in [-0.25, -0.2) is 0 Å². The highest BCUT2D eigenvalue weighted by molar-refractivity contribution is 5.07. The van der Waals surface area contributed by atoms with E-state index in [0.29, 0.717) is 5.41 Å². The fraction of sp³-hybridized carbons (Fsp3) is 1.00. The van der Waals surface area contributed by atoms with Crippen LogP contribution in [-0.4, -0.2) is 12.6 Å². The van der Waals surface area contributed by atoms with E-state index in [4.69, 9.17) is 0 Å². The second-order valence-electron chi connectivity index (χ2n) is 7.93. The predicted octanol–water partition coefficient (Wildman–Crippen LogP) is 5.54. The molecular weight excluding hydrogens is 242 g/mol. The average Bonchev–Trinajstić information content (AvgIpc) is 2.41. The van der Waals surface area contributed by atoms with E-state index in [0.717, 1.165) is 17.9 Å². The molecule has 0 spiro atoms. The molecule has 0 radical (unpaired) electrons. The van der Waals surface area contributed by atoms with Crippen LogP contribution in [0.3, 0.4) is 0 Å². The zero-order valence-electron chi connectivity index (χ0n) is 14.2. The third-order valence-electron chi connectivity index (χ3n) is 6.12. The van der Waals surface area contributed by atoms with E-state index in [1.807, 2.05) is 0 Å². The van der Waals surface area contributed by atoms with E-state index < -0.39 is 0 Å². The fourth-order valence-corrected chi connectivity index (χ4v) is 4.92. The molecule has 0 aromatic carbocycles. The van der Waals surface area contributed by atoms with Crippen LogP contribution in [0.4, 0.5) is 0 Å². The van der Waals surface area contributed by atoms with Gasteiger partial charge in [-0.05, 0) is 43.1 Å². The van der Waals surface area contributed by atoms with Crippen LogP contribution in [0.2, 0.25) is 0 Å². The summed E-state index contributed by atoms with van der Waals surface area (Å²) in [6, 6.07) is 0.787. The average molecular weight is 280 g/mol. The molecule has 3 atom stereocenters. The Labute approximate surface area is 127 Å². The Morgan fingerprint density at radius 1 is 0.850 bits per heavy atom. The van der Waals surface area contributed by atoms with E-state index >= 15 is 0 Å². The SMILES string of the molecule is CCCNC1C2CCCCCCCCCCC2C1(C)C. The van der Waals surface area contributed by atoms with Gasteiger partial charge in [-0.15, -0.1) is 0 Å². The van der Waals surface area contributed by atoms with E-state index in [9.17, 15) is 0 Å². The van der Waals surface area contributed by atoms with Crippen molar-refractivity contribution in [2.75, 3.05) is 6.54 Å². The van der Waals surface area contributed by atoms with Gasteiger partial charge in [0, 0.05) is 6.04 Å². The lowest BCUT2D eigenvalue weighted by atomic mass is 9.49. The van der Waals surface area contributed by atoms with Crippen molar-refractivity contribution in [2.24, 2.45) is 17.3 Å². The van der Waals surface area contributed by atoms with Crippen molar-refractivity contribution in [3.05, 3.63) is 0 Å². The smallest absolute Gasteiger partial charge is 0.0152 e. The molecule has 0 aromatic heterocycles. The molecule has 1 nitrogen and oxygen atoms in total. The molecule has 118 valence electrons. The molecule has 2 saturated carbocycles. The summed E-state index contributed by atoms with van der Waals surface area (Å²) in [6.45, 7) is 8.54. The predicted molar refractivity (Wildman–Crippen MR) is 89.0 cm³/mol. The molecule has 2 aliphatic rings. The van der Waals surface area contributed by atoms with Crippen LogP contribution < -0.4 is 5.32 Å². The number of rotatable bonds is 3. The highest BCUT2D eigenvalue weighted by Crippen LogP contribution is 2.55. The van der Waals surface area contributed by atoms with Crippen molar-refractivity contribution in [3.8, 4) is 0 Å². The first-order valence-corrected chi connectivity index (χ1v) is 9.41. The van der Waals surface area contributed by atoms with Crippen LogP contribution in [0, 0.1) is 17.3 Å². The van der Waals surface area contributed by atoms with E-state index in [2.05, 4.69) is 26.1 Å². The summed E-state index contributed by atoms with van der Waals surface area (Å²) in [5.74, 6) is 1.95. The van der Waals surface area contributed by atoms with E-state index in [1.165, 1.54) is 77.2 Å². The van der Waals surface area contributed by atoms with Crippen LogP contribution >= 0.6 is 0 Å². The largest absolute Gasteiger partial charge is 0.313 e. The standard InChI is InChI=1S/C19H37N/c1-4-15-20-18-16-13-11-9-7-5-6-8-10-12-14-17(16)19(18,2)3/h16-18,20H,4-15H2,1-3H3. The zero-order valence-corrected chi connectivity index (χ0v) is 14.2. The maximum Gasteiger partial charge on any atom is 0.0152 e. The minimum atomic E-state index is 0.532. The third kappa shape index (κ3) is 3.78. The normalized spacial score (nSPS) is 35.2. The molecule has 0 aliphatic heterocycles. The number of nitrogens with one attached hydrogen (secondary N) is 1. The fourth-order valence-electron chi connectivity index (χ4n) is 4.92. The van der Waals surface area contributed by atoms with E-state index in [1.54, 1.807) is 0 Å². The highest BCUT2D eigenvalue weighted by Gasteiger charge is 2.54. The summed E-state index contributed by atoms with van der Waals surface area (Å²) < 4.78 is 0. The van der Waals surface area contributed by atoms with Gasteiger partial charge in [-0.1, -0.05) is 72.1 Å². The zero-order chi connectivity index (χ0) is 14.4. The van der Waals surface area contributed by atoms with Crippen molar-refractivity contribution in [3.63, 3.8) is 0 Å². The van der Waals surface area contributed by atoms with Gasteiger partial charge in [0.15, 0.2) is 0 Å². The minimum absolute atomic E-state index is 0.532. The molecule has 2 rings (SSSR count). The molecule has 0 saturated heterocycles. The second-order valence-corrected chi connectivity index (χ2v) is 7.93. The Bertz CT molecular complexity index is 271. The Balaban J connectivity index is 1.93. The van der Waals surface area contributed by atoms with Crippen molar-refractivity contribution in [1.82, 2.24) is 5.32 Å². The molecule has 0 aromatic rings. The third-order valence-corrected chi connectivity index (χ3v) is 6.12. The first kappa shape index (κ1) is 16.3. The van der Waals surface area contributed by atoms with Crippen LogP contribution in [0.25, 0.3) is 0 Å². The maximum atomic E-state index is 3.87. The monoisotopic (exact) mass is 279 g/mol. The van der Waals surface area contributed by atoms with Crippen LogP contribution in [0.1, 0.15) is 91.4 Å². The molecule has 0 bridgehead atoms. The number of fused-ring (bicyclic) bond motifs is 1. The Kier molecular flexibility index (Phi) is 6.39. The number of hydrogen-bond donors (Lipinski definition) is 1. The molecular formula is C19H37N. The van der Waals surface area contributed by atoms with Gasteiger partial charge in [0.1, 0.15) is 0 Å². The van der Waals surface area contributed by atoms with E-state index in [-0.39, 0.29) is 0 Å². The molecule has 2 fully saturated rings. The maximum absolute atomic E-state index is 3.87. The van der Waals surface area contributed by atoms with Gasteiger partial charge in [0.05, 0.1) is 0 Å². The summed E-state index contributed by atoms with van der Waals surface area (Å²) in [7, 11) is 0. The molecule has 2 aliphatic carbocycles. The Morgan fingerprint density at radius 2 is 1.40 bits per heavy atom. The summed E-state index contributed by atoms with van der Waals surface area (Å²) in [6.07, 6.45) is 16.1. The lowest BCUT2D eigenvalue weighted by Crippen LogP contribution is -2.64.